The number of aryl methyl sites for hydroxylation is 1. The summed E-state index contributed by atoms with van der Waals surface area (Å²) in [5, 5.41) is 12.8. The van der Waals surface area contributed by atoms with E-state index < -0.39 is 5.60 Å². The molecule has 1 aliphatic heterocycles. The first-order valence-corrected chi connectivity index (χ1v) is 6.62. The van der Waals surface area contributed by atoms with Crippen LogP contribution in [-0.4, -0.2) is 36.4 Å². The minimum Gasteiger partial charge on any atom is -0.386 e. The fourth-order valence-corrected chi connectivity index (χ4v) is 2.62. The minimum absolute atomic E-state index is 0.116. The van der Waals surface area contributed by atoms with Crippen LogP contribution in [0.3, 0.4) is 0 Å². The lowest BCUT2D eigenvalue weighted by Gasteiger charge is -2.20. The summed E-state index contributed by atoms with van der Waals surface area (Å²) in [5.74, 6) is -0.116. The molecule has 1 fully saturated rings. The molecule has 0 bridgehead atoms. The van der Waals surface area contributed by atoms with Crippen molar-refractivity contribution in [1.29, 1.82) is 0 Å². The van der Waals surface area contributed by atoms with Gasteiger partial charge in [-0.25, -0.2) is 0 Å². The minimum atomic E-state index is -0.888. The maximum absolute atomic E-state index is 11.8. The Morgan fingerprint density at radius 2 is 2.47 bits per heavy atom. The Balaban J connectivity index is 1.88. The molecule has 1 aromatic heterocycles. The van der Waals surface area contributed by atoms with E-state index in [1.165, 1.54) is 16.2 Å². The van der Waals surface area contributed by atoms with Crippen molar-refractivity contribution in [1.82, 2.24) is 5.32 Å². The van der Waals surface area contributed by atoms with Crippen LogP contribution in [0.1, 0.15) is 27.9 Å². The van der Waals surface area contributed by atoms with Gasteiger partial charge >= 0.3 is 0 Å². The third-order valence-corrected chi connectivity index (χ3v) is 4.12. The number of rotatable bonds is 4. The average molecular weight is 255 g/mol. The molecule has 1 unspecified atom stereocenters. The van der Waals surface area contributed by atoms with Crippen molar-refractivity contribution in [3.05, 3.63) is 21.9 Å². The first kappa shape index (κ1) is 12.5. The van der Waals surface area contributed by atoms with Crippen LogP contribution in [0.4, 0.5) is 0 Å². The molecule has 0 aromatic carbocycles. The Morgan fingerprint density at radius 1 is 1.65 bits per heavy atom. The fourth-order valence-electron chi connectivity index (χ4n) is 1.76. The maximum Gasteiger partial charge on any atom is 0.261 e. The van der Waals surface area contributed by atoms with Crippen LogP contribution >= 0.6 is 11.3 Å². The summed E-state index contributed by atoms with van der Waals surface area (Å²) < 4.78 is 5.12. The van der Waals surface area contributed by atoms with Crippen molar-refractivity contribution >= 4 is 17.2 Å². The summed E-state index contributed by atoms with van der Waals surface area (Å²) in [4.78, 5) is 13.7. The number of amides is 1. The molecule has 2 heterocycles. The fraction of sp³-hybridized carbons (Fsp3) is 0.583. The largest absolute Gasteiger partial charge is 0.386 e. The summed E-state index contributed by atoms with van der Waals surface area (Å²) in [5.41, 5.74) is -0.888. The summed E-state index contributed by atoms with van der Waals surface area (Å²) in [6.07, 6.45) is 1.52. The molecule has 17 heavy (non-hydrogen) atoms. The van der Waals surface area contributed by atoms with Crippen molar-refractivity contribution in [2.24, 2.45) is 0 Å². The van der Waals surface area contributed by atoms with E-state index in [1.807, 2.05) is 12.1 Å². The first-order valence-electron chi connectivity index (χ1n) is 5.80. The van der Waals surface area contributed by atoms with Crippen LogP contribution in [0.5, 0.6) is 0 Å². The maximum atomic E-state index is 11.8. The Hall–Kier alpha value is -0.910. The molecule has 1 atom stereocenters. The number of carbonyl (C=O) groups is 1. The summed E-state index contributed by atoms with van der Waals surface area (Å²) in [7, 11) is 0. The number of thiophene rings is 1. The van der Waals surface area contributed by atoms with Gasteiger partial charge in [-0.1, -0.05) is 6.92 Å². The molecule has 1 aliphatic rings. The number of ether oxygens (including phenoxy) is 1. The van der Waals surface area contributed by atoms with Crippen molar-refractivity contribution in [2.75, 3.05) is 19.8 Å². The van der Waals surface area contributed by atoms with Gasteiger partial charge < -0.3 is 15.2 Å². The van der Waals surface area contributed by atoms with Crippen molar-refractivity contribution < 1.29 is 14.6 Å². The van der Waals surface area contributed by atoms with Gasteiger partial charge in [-0.2, -0.15) is 0 Å². The van der Waals surface area contributed by atoms with E-state index in [4.69, 9.17) is 4.74 Å². The number of hydrogen-bond donors (Lipinski definition) is 2. The molecule has 1 amide bonds. The molecule has 4 nitrogen and oxygen atoms in total. The van der Waals surface area contributed by atoms with Crippen LogP contribution in [-0.2, 0) is 11.2 Å². The van der Waals surface area contributed by atoms with Crippen molar-refractivity contribution in [2.45, 2.75) is 25.4 Å². The Bertz CT molecular complexity index is 396. The second kappa shape index (κ2) is 5.16. The molecular formula is C12H17NO3S. The lowest BCUT2D eigenvalue weighted by atomic mass is 10.0. The van der Waals surface area contributed by atoms with Crippen molar-refractivity contribution in [3.8, 4) is 0 Å². The summed E-state index contributed by atoms with van der Waals surface area (Å²) in [6.45, 7) is 3.18. The zero-order valence-electron chi connectivity index (χ0n) is 9.86. The van der Waals surface area contributed by atoms with E-state index >= 15 is 0 Å². The number of hydrogen-bond acceptors (Lipinski definition) is 4. The SMILES string of the molecule is CCc1ccc(C(=O)NCC2(O)CCOC2)s1. The van der Waals surface area contributed by atoms with Crippen LogP contribution in [0.15, 0.2) is 12.1 Å². The first-order chi connectivity index (χ1) is 8.13. The molecular weight excluding hydrogens is 238 g/mol. The molecule has 5 heteroatoms. The van der Waals surface area contributed by atoms with E-state index in [9.17, 15) is 9.90 Å². The number of nitrogens with one attached hydrogen (secondary N) is 1. The monoisotopic (exact) mass is 255 g/mol. The Kier molecular flexibility index (Phi) is 3.81. The highest BCUT2D eigenvalue weighted by Gasteiger charge is 2.32. The highest BCUT2D eigenvalue weighted by atomic mass is 32.1. The molecule has 94 valence electrons. The van der Waals surface area contributed by atoms with Gasteiger partial charge in [0.25, 0.3) is 5.91 Å². The molecule has 0 saturated carbocycles. The van der Waals surface area contributed by atoms with Crippen LogP contribution in [0, 0.1) is 0 Å². The van der Waals surface area contributed by atoms with Crippen molar-refractivity contribution in [3.63, 3.8) is 0 Å². The van der Waals surface area contributed by atoms with E-state index in [0.717, 1.165) is 6.42 Å². The molecule has 2 N–H and O–H groups in total. The molecule has 0 radical (unpaired) electrons. The topological polar surface area (TPSA) is 58.6 Å². The lowest BCUT2D eigenvalue weighted by molar-refractivity contribution is 0.0265. The van der Waals surface area contributed by atoms with Gasteiger partial charge in [0.1, 0.15) is 5.60 Å². The molecule has 1 saturated heterocycles. The quantitative estimate of drug-likeness (QED) is 0.849. The lowest BCUT2D eigenvalue weighted by Crippen LogP contribution is -2.43. The summed E-state index contributed by atoms with van der Waals surface area (Å²) in [6, 6.07) is 3.79. The van der Waals surface area contributed by atoms with Gasteiger partial charge in [0.05, 0.1) is 11.5 Å². The van der Waals surface area contributed by atoms with Crippen LogP contribution in [0.25, 0.3) is 0 Å². The van der Waals surface area contributed by atoms with Crippen LogP contribution in [0.2, 0.25) is 0 Å². The molecule has 1 aromatic rings. The second-order valence-electron chi connectivity index (χ2n) is 4.33. The zero-order chi connectivity index (χ0) is 12.3. The predicted octanol–water partition coefficient (Wildman–Crippen LogP) is 1.19. The standard InChI is InChI=1S/C12H17NO3S/c1-2-9-3-4-10(17-9)11(14)13-7-12(15)5-6-16-8-12/h3-4,15H,2,5-8H2,1H3,(H,13,14). The van der Waals surface area contributed by atoms with Gasteiger partial charge in [-0.15, -0.1) is 11.3 Å². The Morgan fingerprint density at radius 3 is 3.06 bits per heavy atom. The van der Waals surface area contributed by atoms with E-state index in [-0.39, 0.29) is 12.5 Å². The van der Waals surface area contributed by atoms with Gasteiger partial charge in [-0.3, -0.25) is 4.79 Å². The second-order valence-corrected chi connectivity index (χ2v) is 5.50. The van der Waals surface area contributed by atoms with Gasteiger partial charge in [0.15, 0.2) is 0 Å². The van der Waals surface area contributed by atoms with Gasteiger partial charge in [-0.05, 0) is 18.6 Å². The molecule has 2 rings (SSSR count). The molecule has 0 aliphatic carbocycles. The molecule has 0 spiro atoms. The summed E-state index contributed by atoms with van der Waals surface area (Å²) >= 11 is 1.50. The highest BCUT2D eigenvalue weighted by Crippen LogP contribution is 2.19. The Labute approximate surface area is 105 Å². The third-order valence-electron chi connectivity index (χ3n) is 2.89. The smallest absolute Gasteiger partial charge is 0.261 e. The normalized spacial score (nSPS) is 23.9. The van der Waals surface area contributed by atoms with E-state index in [0.29, 0.717) is 24.5 Å². The van der Waals surface area contributed by atoms with E-state index in [1.54, 1.807) is 0 Å². The van der Waals surface area contributed by atoms with Gasteiger partial charge in [0.2, 0.25) is 0 Å². The third kappa shape index (κ3) is 3.06. The number of aliphatic hydroxyl groups is 1. The number of carbonyl (C=O) groups excluding carboxylic acids is 1. The zero-order valence-corrected chi connectivity index (χ0v) is 10.7. The average Bonchev–Trinajstić information content (AvgIpc) is 2.95. The van der Waals surface area contributed by atoms with E-state index in [2.05, 4.69) is 12.2 Å². The van der Waals surface area contributed by atoms with Crippen LogP contribution < -0.4 is 5.32 Å². The predicted molar refractivity (Wildman–Crippen MR) is 66.4 cm³/mol. The van der Waals surface area contributed by atoms with Gasteiger partial charge in [0, 0.05) is 24.4 Å². The highest BCUT2D eigenvalue weighted by molar-refractivity contribution is 7.14.